The molecule has 0 bridgehead atoms. The Hall–Kier alpha value is -3.01. The number of rotatable bonds is 8. The SMILES string of the molecule is CC[C@H](c1cc(C)no1)C(O)N1C[C@H](O)C[C@H]1C(=O)NCc1ccc(-c2ocnc2C)cc1. The average molecular weight is 455 g/mol. The molecule has 4 atom stereocenters. The molecule has 1 unspecified atom stereocenters. The second-order valence-corrected chi connectivity index (χ2v) is 8.58. The Bertz CT molecular complexity index is 1080. The fraction of sp³-hybridized carbons (Fsp3) is 0.458. The van der Waals surface area contributed by atoms with Crippen LogP contribution in [-0.4, -0.2) is 56.1 Å². The largest absolute Gasteiger partial charge is 0.443 e. The van der Waals surface area contributed by atoms with Gasteiger partial charge in [-0.3, -0.25) is 9.69 Å². The van der Waals surface area contributed by atoms with Gasteiger partial charge in [0.15, 0.2) is 12.2 Å². The number of β-amino-alcohol motifs (C(OH)–C–C–N with tert-alkyl or cyclic N) is 1. The van der Waals surface area contributed by atoms with Crippen molar-refractivity contribution < 1.29 is 23.9 Å². The molecule has 2 aromatic heterocycles. The summed E-state index contributed by atoms with van der Waals surface area (Å²) in [6.45, 7) is 6.20. The van der Waals surface area contributed by atoms with Gasteiger partial charge in [0, 0.05) is 24.7 Å². The number of amides is 1. The fourth-order valence-electron chi connectivity index (χ4n) is 4.40. The third-order valence-electron chi connectivity index (χ3n) is 6.20. The van der Waals surface area contributed by atoms with Crippen molar-refractivity contribution in [1.29, 1.82) is 0 Å². The molecule has 0 aliphatic carbocycles. The number of carbonyl (C=O) groups excluding carboxylic acids is 1. The van der Waals surface area contributed by atoms with Crippen LogP contribution in [0, 0.1) is 13.8 Å². The highest BCUT2D eigenvalue weighted by molar-refractivity contribution is 5.82. The number of benzene rings is 1. The topological polar surface area (TPSA) is 125 Å². The summed E-state index contributed by atoms with van der Waals surface area (Å²) >= 11 is 0. The van der Waals surface area contributed by atoms with Crippen molar-refractivity contribution >= 4 is 5.91 Å². The minimum absolute atomic E-state index is 0.216. The molecule has 33 heavy (non-hydrogen) atoms. The van der Waals surface area contributed by atoms with E-state index in [1.165, 1.54) is 6.39 Å². The molecule has 1 aliphatic rings. The molecule has 9 heteroatoms. The Labute approximate surface area is 192 Å². The molecule has 0 saturated carbocycles. The molecule has 3 heterocycles. The van der Waals surface area contributed by atoms with Crippen molar-refractivity contribution in [2.24, 2.45) is 0 Å². The van der Waals surface area contributed by atoms with E-state index in [0.717, 1.165) is 28.3 Å². The molecule has 3 N–H and O–H groups in total. The van der Waals surface area contributed by atoms with Crippen LogP contribution in [0.5, 0.6) is 0 Å². The lowest BCUT2D eigenvalue weighted by molar-refractivity contribution is -0.130. The molecule has 1 aromatic carbocycles. The molecule has 0 spiro atoms. The minimum atomic E-state index is -0.973. The molecule has 3 aromatic rings. The van der Waals surface area contributed by atoms with E-state index >= 15 is 0 Å². The Balaban J connectivity index is 1.40. The molecule has 4 rings (SSSR count). The predicted molar refractivity (Wildman–Crippen MR) is 120 cm³/mol. The Kier molecular flexibility index (Phi) is 6.92. The maximum atomic E-state index is 13.0. The van der Waals surface area contributed by atoms with E-state index in [1.54, 1.807) is 11.0 Å². The van der Waals surface area contributed by atoms with Crippen LogP contribution in [0.3, 0.4) is 0 Å². The van der Waals surface area contributed by atoms with Crippen molar-refractivity contribution in [3.63, 3.8) is 0 Å². The first-order valence-corrected chi connectivity index (χ1v) is 11.2. The second-order valence-electron chi connectivity index (χ2n) is 8.58. The highest BCUT2D eigenvalue weighted by atomic mass is 16.5. The molecular weight excluding hydrogens is 424 g/mol. The number of aliphatic hydroxyl groups excluding tert-OH is 2. The summed E-state index contributed by atoms with van der Waals surface area (Å²) < 4.78 is 10.8. The smallest absolute Gasteiger partial charge is 0.237 e. The first-order valence-electron chi connectivity index (χ1n) is 11.2. The van der Waals surface area contributed by atoms with E-state index in [-0.39, 0.29) is 24.8 Å². The number of nitrogens with one attached hydrogen (secondary N) is 1. The zero-order valence-corrected chi connectivity index (χ0v) is 19.1. The number of carbonyl (C=O) groups is 1. The van der Waals surface area contributed by atoms with Gasteiger partial charge >= 0.3 is 0 Å². The number of aliphatic hydroxyl groups is 2. The summed E-state index contributed by atoms with van der Waals surface area (Å²) in [7, 11) is 0. The van der Waals surface area contributed by atoms with Crippen molar-refractivity contribution in [3.05, 3.63) is 59.4 Å². The van der Waals surface area contributed by atoms with Crippen molar-refractivity contribution in [2.75, 3.05) is 6.54 Å². The van der Waals surface area contributed by atoms with Crippen LogP contribution in [0.1, 0.15) is 48.4 Å². The lowest BCUT2D eigenvalue weighted by Crippen LogP contribution is -2.49. The predicted octanol–water partition coefficient (Wildman–Crippen LogP) is 2.51. The summed E-state index contributed by atoms with van der Waals surface area (Å²) in [5, 5.41) is 28.2. The Morgan fingerprint density at radius 1 is 1.30 bits per heavy atom. The summed E-state index contributed by atoms with van der Waals surface area (Å²) in [5.41, 5.74) is 3.40. The molecule has 9 nitrogen and oxygen atoms in total. The molecular formula is C24H30N4O5. The molecule has 1 fully saturated rings. The standard InChI is InChI=1S/C24H30N4O5/c1-4-19(21-9-14(2)27-33-21)24(31)28-12-18(29)10-20(28)23(30)25-11-16-5-7-17(8-6-16)22-15(3)26-13-32-22/h5-9,13,18-20,24,29,31H,4,10-12H2,1-3H3,(H,25,30)/t18-,19-,20+,24?/m1/s1. The van der Waals surface area contributed by atoms with E-state index < -0.39 is 18.4 Å². The van der Waals surface area contributed by atoms with Crippen LogP contribution >= 0.6 is 0 Å². The van der Waals surface area contributed by atoms with Crippen LogP contribution in [0.15, 0.2) is 45.7 Å². The first kappa shape index (κ1) is 23.2. The first-order chi connectivity index (χ1) is 15.9. The summed E-state index contributed by atoms with van der Waals surface area (Å²) in [6, 6.07) is 8.86. The maximum absolute atomic E-state index is 13.0. The molecule has 1 amide bonds. The lowest BCUT2D eigenvalue weighted by atomic mass is 9.99. The zero-order chi connectivity index (χ0) is 23.5. The van der Waals surface area contributed by atoms with E-state index in [4.69, 9.17) is 8.94 Å². The minimum Gasteiger partial charge on any atom is -0.443 e. The van der Waals surface area contributed by atoms with Crippen molar-refractivity contribution in [3.8, 4) is 11.3 Å². The van der Waals surface area contributed by atoms with Crippen molar-refractivity contribution in [1.82, 2.24) is 20.4 Å². The number of likely N-dealkylation sites (tertiary alicyclic amines) is 1. The van der Waals surface area contributed by atoms with E-state index in [1.807, 2.05) is 45.0 Å². The average Bonchev–Trinajstić information content (AvgIpc) is 3.53. The van der Waals surface area contributed by atoms with Gasteiger partial charge in [0.2, 0.25) is 5.91 Å². The summed E-state index contributed by atoms with van der Waals surface area (Å²) in [5.74, 6) is 0.718. The van der Waals surface area contributed by atoms with Gasteiger partial charge in [0.1, 0.15) is 12.0 Å². The number of oxazole rings is 1. The van der Waals surface area contributed by atoms with Crippen LogP contribution in [0.4, 0.5) is 0 Å². The fourth-order valence-corrected chi connectivity index (χ4v) is 4.40. The number of hydrogen-bond acceptors (Lipinski definition) is 8. The van der Waals surface area contributed by atoms with Crippen LogP contribution in [-0.2, 0) is 11.3 Å². The van der Waals surface area contributed by atoms with Gasteiger partial charge in [-0.1, -0.05) is 36.3 Å². The van der Waals surface area contributed by atoms with Crippen molar-refractivity contribution in [2.45, 2.75) is 64.4 Å². The molecule has 0 radical (unpaired) electrons. The number of aryl methyl sites for hydroxylation is 2. The van der Waals surface area contributed by atoms with E-state index in [2.05, 4.69) is 15.5 Å². The normalized spacial score (nSPS) is 20.6. The highest BCUT2D eigenvalue weighted by Gasteiger charge is 2.42. The molecule has 1 aliphatic heterocycles. The lowest BCUT2D eigenvalue weighted by Gasteiger charge is -2.32. The van der Waals surface area contributed by atoms with Gasteiger partial charge in [0.05, 0.1) is 29.5 Å². The number of aromatic nitrogens is 2. The van der Waals surface area contributed by atoms with Gasteiger partial charge in [-0.05, 0) is 32.3 Å². The molecule has 176 valence electrons. The second kappa shape index (κ2) is 9.86. The molecule has 1 saturated heterocycles. The summed E-state index contributed by atoms with van der Waals surface area (Å²) in [6.07, 6.45) is 0.627. The zero-order valence-electron chi connectivity index (χ0n) is 19.1. The Morgan fingerprint density at radius 2 is 2.06 bits per heavy atom. The number of nitrogens with zero attached hydrogens (tertiary/aromatic N) is 3. The van der Waals surface area contributed by atoms with Gasteiger partial charge in [-0.2, -0.15) is 0 Å². The highest BCUT2D eigenvalue weighted by Crippen LogP contribution is 2.31. The van der Waals surface area contributed by atoms with Gasteiger partial charge in [-0.15, -0.1) is 0 Å². The van der Waals surface area contributed by atoms with E-state index in [0.29, 0.717) is 18.7 Å². The number of hydrogen-bond donors (Lipinski definition) is 3. The van der Waals surface area contributed by atoms with Gasteiger partial charge < -0.3 is 24.5 Å². The van der Waals surface area contributed by atoms with Crippen LogP contribution in [0.2, 0.25) is 0 Å². The summed E-state index contributed by atoms with van der Waals surface area (Å²) in [4.78, 5) is 18.8. The third kappa shape index (κ3) is 5.00. The van der Waals surface area contributed by atoms with Gasteiger partial charge in [0.25, 0.3) is 0 Å². The quantitative estimate of drug-likeness (QED) is 0.474. The van der Waals surface area contributed by atoms with Crippen LogP contribution < -0.4 is 5.32 Å². The maximum Gasteiger partial charge on any atom is 0.237 e. The monoisotopic (exact) mass is 454 g/mol. The van der Waals surface area contributed by atoms with Gasteiger partial charge in [-0.25, -0.2) is 4.98 Å². The Morgan fingerprint density at radius 3 is 2.67 bits per heavy atom. The van der Waals surface area contributed by atoms with E-state index in [9.17, 15) is 15.0 Å². The van der Waals surface area contributed by atoms with Crippen LogP contribution in [0.25, 0.3) is 11.3 Å². The third-order valence-corrected chi connectivity index (χ3v) is 6.20.